The van der Waals surface area contributed by atoms with Gasteiger partial charge in [-0.15, -0.1) is 10.2 Å². The Kier molecular flexibility index (Phi) is 9.86. The van der Waals surface area contributed by atoms with Gasteiger partial charge in [-0.2, -0.15) is 0 Å². The van der Waals surface area contributed by atoms with Crippen LogP contribution in [0.25, 0.3) is 47.2 Å². The van der Waals surface area contributed by atoms with Crippen molar-refractivity contribution in [3.05, 3.63) is 119 Å². The standard InChI is InChI=1S/C38H40N4O/c1-5-41(6-2)35-25-17-31(18-26-35)11-9-29-13-21-33(22-14-29)37-39-40-38(43-37)34-23-15-30(16-24-34)10-12-32-19-27-36(28-20-32)42(7-3)8-4/h9-28H,5-8H2,1-4H3. The third-order valence-electron chi connectivity index (χ3n) is 7.72. The highest BCUT2D eigenvalue weighted by Gasteiger charge is 2.10. The number of hydrogen-bond donors (Lipinski definition) is 0. The maximum atomic E-state index is 6.03. The summed E-state index contributed by atoms with van der Waals surface area (Å²) in [5.41, 5.74) is 8.87. The topological polar surface area (TPSA) is 45.4 Å². The molecule has 0 saturated carbocycles. The van der Waals surface area contributed by atoms with Crippen molar-refractivity contribution in [2.24, 2.45) is 0 Å². The molecule has 5 aromatic rings. The van der Waals surface area contributed by atoms with Gasteiger partial charge in [0, 0.05) is 48.7 Å². The van der Waals surface area contributed by atoms with Gasteiger partial charge in [0.2, 0.25) is 11.8 Å². The van der Waals surface area contributed by atoms with Crippen LogP contribution in [0.5, 0.6) is 0 Å². The highest BCUT2D eigenvalue weighted by molar-refractivity contribution is 5.73. The molecule has 1 heterocycles. The van der Waals surface area contributed by atoms with Crippen LogP contribution in [0.4, 0.5) is 11.4 Å². The molecule has 0 N–H and O–H groups in total. The Labute approximate surface area is 255 Å². The molecule has 0 aliphatic rings. The molecule has 0 saturated heterocycles. The van der Waals surface area contributed by atoms with Crippen molar-refractivity contribution in [3.63, 3.8) is 0 Å². The monoisotopic (exact) mass is 568 g/mol. The molecule has 0 atom stereocenters. The fourth-order valence-corrected chi connectivity index (χ4v) is 5.09. The van der Waals surface area contributed by atoms with Gasteiger partial charge in [-0.05, 0) is 98.5 Å². The molecule has 0 aliphatic heterocycles. The van der Waals surface area contributed by atoms with Crippen molar-refractivity contribution >= 4 is 35.7 Å². The van der Waals surface area contributed by atoms with Crippen molar-refractivity contribution in [3.8, 4) is 22.9 Å². The molecule has 0 aliphatic carbocycles. The normalized spacial score (nSPS) is 11.4. The fraction of sp³-hybridized carbons (Fsp3) is 0.211. The molecule has 4 aromatic carbocycles. The van der Waals surface area contributed by atoms with Crippen molar-refractivity contribution in [2.75, 3.05) is 36.0 Å². The first-order valence-corrected chi connectivity index (χ1v) is 15.2. The molecule has 1 aromatic heterocycles. The van der Waals surface area contributed by atoms with E-state index in [0.29, 0.717) is 11.8 Å². The first-order chi connectivity index (χ1) is 21.1. The first-order valence-electron chi connectivity index (χ1n) is 15.2. The molecule has 0 fully saturated rings. The van der Waals surface area contributed by atoms with E-state index < -0.39 is 0 Å². The second kappa shape index (κ2) is 14.3. The third kappa shape index (κ3) is 7.49. The Morgan fingerprint density at radius 2 is 0.721 bits per heavy atom. The second-order valence-corrected chi connectivity index (χ2v) is 10.4. The van der Waals surface area contributed by atoms with Crippen molar-refractivity contribution in [1.29, 1.82) is 0 Å². The number of benzene rings is 4. The number of rotatable bonds is 12. The Morgan fingerprint density at radius 1 is 0.442 bits per heavy atom. The SMILES string of the molecule is CCN(CC)c1ccc(C=Cc2ccc(-c3nnc(-c4ccc(C=Cc5ccc(N(CC)CC)cc5)cc4)o3)cc2)cc1. The fourth-order valence-electron chi connectivity index (χ4n) is 5.09. The molecule has 0 spiro atoms. The van der Waals surface area contributed by atoms with Gasteiger partial charge in [-0.3, -0.25) is 0 Å². The van der Waals surface area contributed by atoms with Crippen LogP contribution in [-0.2, 0) is 0 Å². The van der Waals surface area contributed by atoms with E-state index in [9.17, 15) is 0 Å². The number of hydrogen-bond acceptors (Lipinski definition) is 5. The van der Waals surface area contributed by atoms with E-state index in [2.05, 4.69) is 145 Å². The summed E-state index contributed by atoms with van der Waals surface area (Å²) < 4.78 is 6.03. The van der Waals surface area contributed by atoms with Crippen molar-refractivity contribution in [1.82, 2.24) is 10.2 Å². The minimum Gasteiger partial charge on any atom is -0.416 e. The van der Waals surface area contributed by atoms with E-state index in [1.807, 2.05) is 24.3 Å². The van der Waals surface area contributed by atoms with Gasteiger partial charge in [0.25, 0.3) is 0 Å². The maximum absolute atomic E-state index is 6.03. The average molecular weight is 569 g/mol. The predicted octanol–water partition coefficient (Wildman–Crippen LogP) is 9.44. The van der Waals surface area contributed by atoms with Gasteiger partial charge in [0.1, 0.15) is 0 Å². The highest BCUT2D eigenvalue weighted by atomic mass is 16.4. The van der Waals surface area contributed by atoms with Gasteiger partial charge in [0.15, 0.2) is 0 Å². The van der Waals surface area contributed by atoms with Crippen molar-refractivity contribution < 1.29 is 4.42 Å². The minimum absolute atomic E-state index is 0.509. The summed E-state index contributed by atoms with van der Waals surface area (Å²) in [5, 5.41) is 8.59. The van der Waals surface area contributed by atoms with Crippen LogP contribution in [0.2, 0.25) is 0 Å². The van der Waals surface area contributed by atoms with Crippen LogP contribution in [0.3, 0.4) is 0 Å². The van der Waals surface area contributed by atoms with Crippen LogP contribution >= 0.6 is 0 Å². The summed E-state index contributed by atoms with van der Waals surface area (Å²) in [6.45, 7) is 12.8. The van der Waals surface area contributed by atoms with Crippen LogP contribution < -0.4 is 9.80 Å². The van der Waals surface area contributed by atoms with E-state index in [1.54, 1.807) is 0 Å². The van der Waals surface area contributed by atoms with E-state index in [4.69, 9.17) is 4.42 Å². The molecule has 0 unspecified atom stereocenters. The Morgan fingerprint density at radius 3 is 1.00 bits per heavy atom. The molecule has 5 heteroatoms. The van der Waals surface area contributed by atoms with Crippen LogP contribution in [0.1, 0.15) is 49.9 Å². The van der Waals surface area contributed by atoms with E-state index in [0.717, 1.165) is 48.4 Å². The van der Waals surface area contributed by atoms with E-state index >= 15 is 0 Å². The van der Waals surface area contributed by atoms with Crippen LogP contribution in [0.15, 0.2) is 101 Å². The molecule has 0 amide bonds. The van der Waals surface area contributed by atoms with Gasteiger partial charge < -0.3 is 14.2 Å². The van der Waals surface area contributed by atoms with Gasteiger partial charge in [-0.25, -0.2) is 0 Å². The summed E-state index contributed by atoms with van der Waals surface area (Å²) >= 11 is 0. The lowest BCUT2D eigenvalue weighted by Gasteiger charge is -2.20. The zero-order chi connectivity index (χ0) is 30.0. The van der Waals surface area contributed by atoms with Gasteiger partial charge >= 0.3 is 0 Å². The molecule has 5 nitrogen and oxygen atoms in total. The summed E-state index contributed by atoms with van der Waals surface area (Å²) in [6.07, 6.45) is 8.50. The Balaban J connectivity index is 1.19. The lowest BCUT2D eigenvalue weighted by atomic mass is 10.1. The van der Waals surface area contributed by atoms with Crippen LogP contribution in [0, 0.1) is 0 Å². The number of nitrogens with zero attached hydrogens (tertiary/aromatic N) is 4. The summed E-state index contributed by atoms with van der Waals surface area (Å²) in [6, 6.07) is 33.7. The van der Waals surface area contributed by atoms with Crippen LogP contribution in [-0.4, -0.2) is 36.4 Å². The second-order valence-electron chi connectivity index (χ2n) is 10.4. The quantitative estimate of drug-likeness (QED) is 0.140. The molecule has 43 heavy (non-hydrogen) atoms. The smallest absolute Gasteiger partial charge is 0.248 e. The average Bonchev–Trinajstić information content (AvgIpc) is 3.56. The first kappa shape index (κ1) is 29.6. The minimum atomic E-state index is 0.509. The van der Waals surface area contributed by atoms with E-state index in [1.165, 1.54) is 22.5 Å². The lowest BCUT2D eigenvalue weighted by Crippen LogP contribution is -2.21. The summed E-state index contributed by atoms with van der Waals surface area (Å²) in [7, 11) is 0. The summed E-state index contributed by atoms with van der Waals surface area (Å²) in [5.74, 6) is 1.02. The highest BCUT2D eigenvalue weighted by Crippen LogP contribution is 2.26. The largest absolute Gasteiger partial charge is 0.416 e. The Hall–Kier alpha value is -4.90. The summed E-state index contributed by atoms with van der Waals surface area (Å²) in [4.78, 5) is 4.69. The van der Waals surface area contributed by atoms with Gasteiger partial charge in [0.05, 0.1) is 0 Å². The molecule has 218 valence electrons. The third-order valence-corrected chi connectivity index (χ3v) is 7.72. The molecule has 0 radical (unpaired) electrons. The molecule has 0 bridgehead atoms. The number of aromatic nitrogens is 2. The van der Waals surface area contributed by atoms with Gasteiger partial charge in [-0.1, -0.05) is 72.8 Å². The lowest BCUT2D eigenvalue weighted by molar-refractivity contribution is 0.584. The predicted molar refractivity (Wildman–Crippen MR) is 183 cm³/mol. The molecule has 5 rings (SSSR count). The Bertz CT molecular complexity index is 1500. The number of anilines is 2. The zero-order valence-electron chi connectivity index (χ0n) is 25.6. The zero-order valence-corrected chi connectivity index (χ0v) is 25.6. The maximum Gasteiger partial charge on any atom is 0.248 e. The van der Waals surface area contributed by atoms with E-state index in [-0.39, 0.29) is 0 Å². The molecular formula is C38H40N4O. The van der Waals surface area contributed by atoms with Crippen molar-refractivity contribution in [2.45, 2.75) is 27.7 Å². The molecular weight excluding hydrogens is 528 g/mol.